The number of hydrogen-bond donors (Lipinski definition) is 2. The van der Waals surface area contributed by atoms with E-state index in [1.165, 1.54) is 23.1 Å². The van der Waals surface area contributed by atoms with Gasteiger partial charge >= 0.3 is 0 Å². The van der Waals surface area contributed by atoms with Crippen molar-refractivity contribution in [1.29, 1.82) is 0 Å². The zero-order valence-corrected chi connectivity index (χ0v) is 11.5. The van der Waals surface area contributed by atoms with Crippen LogP contribution in [0.3, 0.4) is 0 Å². The van der Waals surface area contributed by atoms with Gasteiger partial charge in [-0.3, -0.25) is 9.59 Å². The molecule has 104 valence electrons. The Morgan fingerprint density at radius 2 is 2.11 bits per heavy atom. The molecule has 2 amide bonds. The van der Waals surface area contributed by atoms with Gasteiger partial charge in [0.05, 0.1) is 12.1 Å². The van der Waals surface area contributed by atoms with Gasteiger partial charge in [0.25, 0.3) is 5.91 Å². The minimum absolute atomic E-state index is 0.0739. The number of unbranched alkanes of at least 4 members (excludes halogenated alkanes) is 1. The Balaban J connectivity index is 2.97. The molecule has 0 radical (unpaired) electrons. The molecule has 0 aliphatic heterocycles. The Labute approximate surface area is 117 Å². The second-order valence-electron chi connectivity index (χ2n) is 4.21. The molecule has 0 atom stereocenters. The first-order chi connectivity index (χ1) is 8.95. The van der Waals surface area contributed by atoms with Crippen LogP contribution in [0, 0.1) is 0 Å². The van der Waals surface area contributed by atoms with E-state index in [2.05, 4.69) is 0 Å². The Hall–Kier alpha value is -1.75. The quantitative estimate of drug-likeness (QED) is 0.835. The van der Waals surface area contributed by atoms with Gasteiger partial charge in [-0.15, -0.1) is 0 Å². The molecule has 0 aliphatic carbocycles. The van der Waals surface area contributed by atoms with Crippen LogP contribution in [0.25, 0.3) is 0 Å². The SMILES string of the molecule is CCCCN(CC(N)=O)C(=O)c1cc(Cl)ccc1O. The fourth-order valence-corrected chi connectivity index (χ4v) is 1.81. The molecule has 1 aromatic carbocycles. The third-order valence-corrected chi connectivity index (χ3v) is 2.84. The van der Waals surface area contributed by atoms with Gasteiger partial charge in [-0.25, -0.2) is 0 Å². The van der Waals surface area contributed by atoms with Crippen LogP contribution in [-0.2, 0) is 4.79 Å². The molecule has 1 rings (SSSR count). The molecule has 0 fully saturated rings. The van der Waals surface area contributed by atoms with Gasteiger partial charge in [0.1, 0.15) is 5.75 Å². The summed E-state index contributed by atoms with van der Waals surface area (Å²) in [6.45, 7) is 2.21. The molecule has 1 aromatic rings. The molecule has 0 aliphatic rings. The first kappa shape index (κ1) is 15.3. The van der Waals surface area contributed by atoms with E-state index in [9.17, 15) is 14.7 Å². The van der Waals surface area contributed by atoms with Crippen molar-refractivity contribution in [3.8, 4) is 5.75 Å². The summed E-state index contributed by atoms with van der Waals surface area (Å²) in [5.74, 6) is -1.21. The molecule has 5 nitrogen and oxygen atoms in total. The van der Waals surface area contributed by atoms with Gasteiger partial charge in [0, 0.05) is 11.6 Å². The number of nitrogens with two attached hydrogens (primary N) is 1. The highest BCUT2D eigenvalue weighted by molar-refractivity contribution is 6.31. The highest BCUT2D eigenvalue weighted by Crippen LogP contribution is 2.23. The van der Waals surface area contributed by atoms with E-state index in [-0.39, 0.29) is 17.9 Å². The molecule has 0 spiro atoms. The Morgan fingerprint density at radius 3 is 2.68 bits per heavy atom. The highest BCUT2D eigenvalue weighted by atomic mass is 35.5. The average Bonchev–Trinajstić information content (AvgIpc) is 2.36. The summed E-state index contributed by atoms with van der Waals surface area (Å²) in [5.41, 5.74) is 5.20. The number of halogens is 1. The van der Waals surface area contributed by atoms with Crippen LogP contribution in [0.1, 0.15) is 30.1 Å². The second-order valence-corrected chi connectivity index (χ2v) is 4.64. The maximum Gasteiger partial charge on any atom is 0.258 e. The lowest BCUT2D eigenvalue weighted by Gasteiger charge is -2.21. The molecule has 19 heavy (non-hydrogen) atoms. The summed E-state index contributed by atoms with van der Waals surface area (Å²) in [5, 5.41) is 10.0. The van der Waals surface area contributed by atoms with Crippen LogP contribution in [-0.4, -0.2) is 34.9 Å². The fraction of sp³-hybridized carbons (Fsp3) is 0.385. The fourth-order valence-electron chi connectivity index (χ4n) is 1.64. The van der Waals surface area contributed by atoms with E-state index in [0.717, 1.165) is 12.8 Å². The minimum atomic E-state index is -0.592. The number of primary amides is 1. The molecule has 3 N–H and O–H groups in total. The van der Waals surface area contributed by atoms with Crippen molar-refractivity contribution in [2.75, 3.05) is 13.1 Å². The van der Waals surface area contributed by atoms with E-state index in [0.29, 0.717) is 11.6 Å². The van der Waals surface area contributed by atoms with E-state index >= 15 is 0 Å². The summed E-state index contributed by atoms with van der Waals surface area (Å²) >= 11 is 5.80. The Morgan fingerprint density at radius 1 is 1.42 bits per heavy atom. The van der Waals surface area contributed by atoms with Crippen LogP contribution in [0.5, 0.6) is 5.75 Å². The van der Waals surface area contributed by atoms with Gasteiger partial charge in [-0.2, -0.15) is 0 Å². The van der Waals surface area contributed by atoms with Crippen LogP contribution >= 0.6 is 11.6 Å². The van der Waals surface area contributed by atoms with Crippen molar-refractivity contribution in [3.63, 3.8) is 0 Å². The van der Waals surface area contributed by atoms with E-state index in [1.807, 2.05) is 6.92 Å². The number of phenols is 1. The third-order valence-electron chi connectivity index (χ3n) is 2.60. The average molecular weight is 285 g/mol. The predicted octanol–water partition coefficient (Wildman–Crippen LogP) is 1.77. The smallest absolute Gasteiger partial charge is 0.258 e. The molecular formula is C13H17ClN2O3. The largest absolute Gasteiger partial charge is 0.507 e. The van der Waals surface area contributed by atoms with Gasteiger partial charge in [0.2, 0.25) is 5.91 Å². The second kappa shape index (κ2) is 6.99. The number of phenolic OH excluding ortho intramolecular Hbond substituents is 1. The standard InChI is InChI=1S/C13H17ClN2O3/c1-2-3-6-16(8-12(15)18)13(19)10-7-9(14)4-5-11(10)17/h4-5,7,17H,2-3,6,8H2,1H3,(H2,15,18). The molecule has 0 heterocycles. The summed E-state index contributed by atoms with van der Waals surface area (Å²) in [4.78, 5) is 24.6. The van der Waals surface area contributed by atoms with Crippen molar-refractivity contribution >= 4 is 23.4 Å². The minimum Gasteiger partial charge on any atom is -0.507 e. The Bertz CT molecular complexity index is 477. The van der Waals surface area contributed by atoms with Crippen molar-refractivity contribution in [1.82, 2.24) is 4.90 Å². The zero-order valence-electron chi connectivity index (χ0n) is 10.7. The van der Waals surface area contributed by atoms with Gasteiger partial charge in [0.15, 0.2) is 0 Å². The van der Waals surface area contributed by atoms with Crippen LogP contribution in [0.2, 0.25) is 5.02 Å². The molecule has 0 aromatic heterocycles. The van der Waals surface area contributed by atoms with Crippen molar-refractivity contribution in [3.05, 3.63) is 28.8 Å². The summed E-state index contributed by atoms with van der Waals surface area (Å²) < 4.78 is 0. The number of benzene rings is 1. The van der Waals surface area contributed by atoms with E-state index in [1.54, 1.807) is 0 Å². The predicted molar refractivity (Wildman–Crippen MR) is 73.1 cm³/mol. The summed E-state index contributed by atoms with van der Waals surface area (Å²) in [6.07, 6.45) is 1.63. The molecule has 6 heteroatoms. The monoisotopic (exact) mass is 284 g/mol. The number of hydrogen-bond acceptors (Lipinski definition) is 3. The van der Waals surface area contributed by atoms with Crippen LogP contribution in [0.15, 0.2) is 18.2 Å². The lowest BCUT2D eigenvalue weighted by atomic mass is 10.1. The molecular weight excluding hydrogens is 268 g/mol. The first-order valence-corrected chi connectivity index (χ1v) is 6.39. The lowest BCUT2D eigenvalue weighted by Crippen LogP contribution is -2.39. The van der Waals surface area contributed by atoms with Crippen LogP contribution in [0.4, 0.5) is 0 Å². The van der Waals surface area contributed by atoms with Crippen LogP contribution < -0.4 is 5.73 Å². The zero-order chi connectivity index (χ0) is 14.4. The number of nitrogens with zero attached hydrogens (tertiary/aromatic N) is 1. The highest BCUT2D eigenvalue weighted by Gasteiger charge is 2.20. The van der Waals surface area contributed by atoms with Gasteiger partial charge in [-0.1, -0.05) is 24.9 Å². The molecule has 0 unspecified atom stereocenters. The maximum absolute atomic E-state index is 12.3. The maximum atomic E-state index is 12.3. The Kier molecular flexibility index (Phi) is 5.63. The number of rotatable bonds is 6. The molecule has 0 bridgehead atoms. The van der Waals surface area contributed by atoms with E-state index < -0.39 is 11.8 Å². The number of carbonyl (C=O) groups excluding carboxylic acids is 2. The van der Waals surface area contributed by atoms with Crippen molar-refractivity contribution in [2.24, 2.45) is 5.73 Å². The number of carbonyl (C=O) groups is 2. The number of aromatic hydroxyl groups is 1. The first-order valence-electron chi connectivity index (χ1n) is 6.01. The van der Waals surface area contributed by atoms with Crippen molar-refractivity contribution in [2.45, 2.75) is 19.8 Å². The summed E-state index contributed by atoms with van der Waals surface area (Å²) in [7, 11) is 0. The number of amides is 2. The molecule has 0 saturated carbocycles. The molecule has 0 saturated heterocycles. The third kappa shape index (κ3) is 4.44. The van der Waals surface area contributed by atoms with Crippen molar-refractivity contribution < 1.29 is 14.7 Å². The normalized spacial score (nSPS) is 10.2. The van der Waals surface area contributed by atoms with Gasteiger partial charge in [-0.05, 0) is 24.6 Å². The van der Waals surface area contributed by atoms with E-state index in [4.69, 9.17) is 17.3 Å². The summed E-state index contributed by atoms with van der Waals surface area (Å²) in [6, 6.07) is 4.20. The van der Waals surface area contributed by atoms with Gasteiger partial charge < -0.3 is 15.7 Å². The topological polar surface area (TPSA) is 83.6 Å². The lowest BCUT2D eigenvalue weighted by molar-refractivity contribution is -0.118.